The first-order valence-corrected chi connectivity index (χ1v) is 7.25. The van der Waals surface area contributed by atoms with Gasteiger partial charge in [-0.15, -0.1) is 11.3 Å². The molecule has 2 heterocycles. The Balaban J connectivity index is 2.01. The van der Waals surface area contributed by atoms with Gasteiger partial charge < -0.3 is 0 Å². The molecular weight excluding hydrogens is 288 g/mol. The number of nitrogens with zero attached hydrogens (tertiary/aromatic N) is 3. The Kier molecular flexibility index (Phi) is 3.46. The third kappa shape index (κ3) is 2.41. The van der Waals surface area contributed by atoms with Crippen molar-refractivity contribution in [3.05, 3.63) is 57.7 Å². The first-order chi connectivity index (χ1) is 9.78. The molecule has 98 valence electrons. The summed E-state index contributed by atoms with van der Waals surface area (Å²) >= 11 is 6.91. The van der Waals surface area contributed by atoms with Crippen molar-refractivity contribution in [2.45, 2.75) is 6.54 Å². The van der Waals surface area contributed by atoms with Crippen molar-refractivity contribution >= 4 is 23.6 Å². The minimum Gasteiger partial charge on any atom is -0.295 e. The lowest BCUT2D eigenvalue weighted by molar-refractivity contribution is 0.791. The van der Waals surface area contributed by atoms with Crippen molar-refractivity contribution in [1.82, 2.24) is 14.8 Å². The highest BCUT2D eigenvalue weighted by Crippen LogP contribution is 2.23. The van der Waals surface area contributed by atoms with Crippen LogP contribution >= 0.6 is 23.6 Å². The molecule has 0 aliphatic rings. The number of aromatic nitrogens is 3. The Labute approximate surface area is 124 Å². The summed E-state index contributed by atoms with van der Waals surface area (Å²) in [6, 6.07) is 13.7. The van der Waals surface area contributed by atoms with Crippen LogP contribution in [0.4, 0.5) is 0 Å². The van der Waals surface area contributed by atoms with E-state index in [0.717, 1.165) is 16.3 Å². The summed E-state index contributed by atoms with van der Waals surface area (Å²) in [5, 5.41) is 18.1. The Hall–Kier alpha value is -2.23. The van der Waals surface area contributed by atoms with Crippen molar-refractivity contribution in [2.75, 3.05) is 0 Å². The highest BCUT2D eigenvalue weighted by molar-refractivity contribution is 7.71. The zero-order chi connectivity index (χ0) is 13.9. The van der Waals surface area contributed by atoms with E-state index in [1.807, 2.05) is 40.3 Å². The maximum atomic E-state index is 8.95. The van der Waals surface area contributed by atoms with Crippen LogP contribution in [0.15, 0.2) is 41.8 Å². The smallest absolute Gasteiger partial charge is 0.195 e. The van der Waals surface area contributed by atoms with Crippen LogP contribution < -0.4 is 0 Å². The van der Waals surface area contributed by atoms with Gasteiger partial charge >= 0.3 is 0 Å². The van der Waals surface area contributed by atoms with Crippen molar-refractivity contribution in [1.29, 1.82) is 5.26 Å². The molecule has 0 spiro atoms. The van der Waals surface area contributed by atoms with Crippen molar-refractivity contribution in [3.8, 4) is 16.8 Å². The molecule has 1 aromatic carbocycles. The summed E-state index contributed by atoms with van der Waals surface area (Å²) in [6.45, 7) is 0.595. The van der Waals surface area contributed by atoms with Gasteiger partial charge in [-0.25, -0.2) is 0 Å². The third-order valence-corrected chi connectivity index (χ3v) is 4.07. The van der Waals surface area contributed by atoms with E-state index in [9.17, 15) is 0 Å². The van der Waals surface area contributed by atoms with Gasteiger partial charge in [0.15, 0.2) is 10.6 Å². The second-order valence-electron chi connectivity index (χ2n) is 4.23. The predicted octanol–water partition coefficient (Wildman–Crippen LogP) is 3.59. The molecule has 4 nitrogen and oxygen atoms in total. The molecular formula is C14H10N4S2. The van der Waals surface area contributed by atoms with Crippen LogP contribution in [0.5, 0.6) is 0 Å². The first kappa shape index (κ1) is 12.8. The molecule has 0 bridgehead atoms. The van der Waals surface area contributed by atoms with Crippen molar-refractivity contribution in [3.63, 3.8) is 0 Å². The molecule has 3 rings (SSSR count). The largest absolute Gasteiger partial charge is 0.295 e. The lowest BCUT2D eigenvalue weighted by Crippen LogP contribution is -2.02. The minimum absolute atomic E-state index is 0.579. The Morgan fingerprint density at radius 3 is 3.00 bits per heavy atom. The van der Waals surface area contributed by atoms with E-state index < -0.39 is 0 Å². The molecule has 0 saturated carbocycles. The number of aromatic amines is 1. The van der Waals surface area contributed by atoms with E-state index in [1.54, 1.807) is 17.4 Å². The van der Waals surface area contributed by atoms with Gasteiger partial charge in [0.25, 0.3) is 0 Å². The quantitative estimate of drug-likeness (QED) is 0.752. The van der Waals surface area contributed by atoms with Crippen LogP contribution in [0.3, 0.4) is 0 Å². The van der Waals surface area contributed by atoms with Gasteiger partial charge in [-0.2, -0.15) is 10.4 Å². The van der Waals surface area contributed by atoms with Crippen LogP contribution in [0.25, 0.3) is 10.7 Å². The van der Waals surface area contributed by atoms with Gasteiger partial charge in [0, 0.05) is 0 Å². The number of nitriles is 1. The van der Waals surface area contributed by atoms with Crippen molar-refractivity contribution in [2.24, 2.45) is 0 Å². The SMILES string of the molecule is N#Cc1cccc(Cn2c(-c3cccs3)n[nH]c2=S)c1. The van der Waals surface area contributed by atoms with E-state index in [0.29, 0.717) is 16.9 Å². The van der Waals surface area contributed by atoms with Gasteiger partial charge in [0.2, 0.25) is 0 Å². The number of H-pyrrole nitrogens is 1. The third-order valence-electron chi connectivity index (χ3n) is 2.90. The zero-order valence-corrected chi connectivity index (χ0v) is 12.0. The average molecular weight is 298 g/mol. The molecule has 0 fully saturated rings. The fourth-order valence-electron chi connectivity index (χ4n) is 1.98. The molecule has 0 aliphatic heterocycles. The van der Waals surface area contributed by atoms with E-state index in [1.165, 1.54) is 0 Å². The van der Waals surface area contributed by atoms with Gasteiger partial charge in [-0.05, 0) is 41.4 Å². The number of hydrogen-bond donors (Lipinski definition) is 1. The van der Waals surface area contributed by atoms with E-state index >= 15 is 0 Å². The molecule has 2 aromatic heterocycles. The normalized spacial score (nSPS) is 10.3. The summed E-state index contributed by atoms with van der Waals surface area (Å²) in [7, 11) is 0. The fraction of sp³-hybridized carbons (Fsp3) is 0.0714. The van der Waals surface area contributed by atoms with Gasteiger partial charge in [-0.1, -0.05) is 18.2 Å². The number of rotatable bonds is 3. The summed E-state index contributed by atoms with van der Waals surface area (Å²) in [5.74, 6) is 0.826. The summed E-state index contributed by atoms with van der Waals surface area (Å²) in [4.78, 5) is 1.06. The summed E-state index contributed by atoms with van der Waals surface area (Å²) in [5.41, 5.74) is 1.68. The molecule has 0 unspecified atom stereocenters. The topological polar surface area (TPSA) is 57.4 Å². The monoisotopic (exact) mass is 298 g/mol. The second-order valence-corrected chi connectivity index (χ2v) is 5.56. The molecule has 0 radical (unpaired) electrons. The highest BCUT2D eigenvalue weighted by atomic mass is 32.1. The lowest BCUT2D eigenvalue weighted by atomic mass is 10.1. The Bertz CT molecular complexity index is 821. The number of nitrogens with one attached hydrogen (secondary N) is 1. The summed E-state index contributed by atoms with van der Waals surface area (Å²) < 4.78 is 2.52. The standard InChI is InChI=1S/C14H10N4S2/c15-8-10-3-1-4-11(7-10)9-18-13(16-17-14(18)19)12-5-2-6-20-12/h1-7H,9H2,(H,17,19). The highest BCUT2D eigenvalue weighted by Gasteiger charge is 2.10. The van der Waals surface area contributed by atoms with Crippen LogP contribution in [-0.4, -0.2) is 14.8 Å². The number of hydrogen-bond acceptors (Lipinski definition) is 4. The van der Waals surface area contributed by atoms with Gasteiger partial charge in [0.1, 0.15) is 0 Å². The number of thiophene rings is 1. The maximum absolute atomic E-state index is 8.95. The average Bonchev–Trinajstić information content (AvgIpc) is 3.10. The molecule has 20 heavy (non-hydrogen) atoms. The minimum atomic E-state index is 0.579. The van der Waals surface area contributed by atoms with Gasteiger partial charge in [0.05, 0.1) is 23.1 Å². The molecule has 6 heteroatoms. The predicted molar refractivity (Wildman–Crippen MR) is 81.0 cm³/mol. The van der Waals surface area contributed by atoms with Crippen molar-refractivity contribution < 1.29 is 0 Å². The number of benzene rings is 1. The maximum Gasteiger partial charge on any atom is 0.195 e. The molecule has 0 aliphatic carbocycles. The molecule has 0 amide bonds. The Morgan fingerprint density at radius 1 is 1.35 bits per heavy atom. The fourth-order valence-corrected chi connectivity index (χ4v) is 2.90. The summed E-state index contributed by atoms with van der Waals surface area (Å²) in [6.07, 6.45) is 0. The van der Waals surface area contributed by atoms with Gasteiger partial charge in [-0.3, -0.25) is 9.67 Å². The van der Waals surface area contributed by atoms with Crippen LogP contribution in [0, 0.1) is 16.1 Å². The first-order valence-electron chi connectivity index (χ1n) is 5.96. The van der Waals surface area contributed by atoms with E-state index in [4.69, 9.17) is 17.5 Å². The van der Waals surface area contributed by atoms with Crippen LogP contribution in [-0.2, 0) is 6.54 Å². The Morgan fingerprint density at radius 2 is 2.25 bits per heavy atom. The van der Waals surface area contributed by atoms with Crippen LogP contribution in [0.2, 0.25) is 0 Å². The molecule has 0 saturated heterocycles. The lowest BCUT2D eigenvalue weighted by Gasteiger charge is -2.06. The second kappa shape index (κ2) is 5.41. The zero-order valence-electron chi connectivity index (χ0n) is 10.4. The molecule has 1 N–H and O–H groups in total. The molecule has 3 aromatic rings. The molecule has 0 atom stereocenters. The van der Waals surface area contributed by atoms with E-state index in [-0.39, 0.29) is 0 Å². The van der Waals surface area contributed by atoms with E-state index in [2.05, 4.69) is 16.3 Å². The van der Waals surface area contributed by atoms with Crippen LogP contribution in [0.1, 0.15) is 11.1 Å².